The number of nitrogens with zero attached hydrogens (tertiary/aromatic N) is 5. The van der Waals surface area contributed by atoms with Crippen molar-refractivity contribution in [2.75, 3.05) is 22.9 Å². The summed E-state index contributed by atoms with van der Waals surface area (Å²) in [7, 11) is 0. The van der Waals surface area contributed by atoms with Gasteiger partial charge in [-0.05, 0) is 56.9 Å². The Morgan fingerprint density at radius 2 is 1.70 bits per heavy atom. The number of aryl methyl sites for hydroxylation is 1. The lowest BCUT2D eigenvalue weighted by Gasteiger charge is -2.43. The van der Waals surface area contributed by atoms with Crippen LogP contribution in [-0.4, -0.2) is 45.5 Å². The molecule has 2 aliphatic heterocycles. The molecule has 0 bridgehead atoms. The van der Waals surface area contributed by atoms with Crippen LogP contribution in [0.15, 0.2) is 48.7 Å². The first-order valence-corrected chi connectivity index (χ1v) is 13.3. The first kappa shape index (κ1) is 27.9. The predicted molar refractivity (Wildman–Crippen MR) is 142 cm³/mol. The third-order valence-corrected chi connectivity index (χ3v) is 7.50. The number of anilines is 2. The molecule has 5 rings (SSSR count). The fraction of sp³-hybridized carbons (Fsp3) is 0.448. The largest absolute Gasteiger partial charge is 0.416 e. The molecular formula is C29H32F5N5O. The van der Waals surface area contributed by atoms with Crippen LogP contribution in [0.1, 0.15) is 49.1 Å². The highest BCUT2D eigenvalue weighted by Gasteiger charge is 2.40. The van der Waals surface area contributed by atoms with Crippen LogP contribution >= 0.6 is 0 Å². The van der Waals surface area contributed by atoms with Crippen molar-refractivity contribution in [2.24, 2.45) is 0 Å². The number of hydrogen-bond acceptors (Lipinski definition) is 3. The van der Waals surface area contributed by atoms with Crippen LogP contribution < -0.4 is 9.80 Å². The van der Waals surface area contributed by atoms with E-state index in [1.807, 2.05) is 17.9 Å². The number of hydrogen-bond donors (Lipinski definition) is 0. The molecule has 1 aromatic heterocycles. The van der Waals surface area contributed by atoms with E-state index in [0.717, 1.165) is 11.6 Å². The number of para-hydroxylation sites is 1. The molecule has 0 aliphatic carbocycles. The van der Waals surface area contributed by atoms with E-state index in [-0.39, 0.29) is 37.1 Å². The first-order chi connectivity index (χ1) is 18.8. The molecule has 2 aliphatic rings. The van der Waals surface area contributed by atoms with Gasteiger partial charge >= 0.3 is 12.2 Å². The molecule has 6 nitrogen and oxygen atoms in total. The van der Waals surface area contributed by atoms with Crippen molar-refractivity contribution < 1.29 is 26.7 Å². The average molecular weight is 562 g/mol. The van der Waals surface area contributed by atoms with Gasteiger partial charge in [0.1, 0.15) is 17.2 Å². The van der Waals surface area contributed by atoms with Crippen molar-refractivity contribution in [1.29, 1.82) is 0 Å². The molecule has 0 unspecified atom stereocenters. The van der Waals surface area contributed by atoms with Gasteiger partial charge in [0.2, 0.25) is 0 Å². The summed E-state index contributed by atoms with van der Waals surface area (Å²) in [4.78, 5) is 18.8. The number of carbonyl (C=O) groups is 1. The summed E-state index contributed by atoms with van der Waals surface area (Å²) >= 11 is 0. The molecule has 1 fully saturated rings. The van der Waals surface area contributed by atoms with Gasteiger partial charge in [0.25, 0.3) is 0 Å². The van der Waals surface area contributed by atoms with E-state index in [4.69, 9.17) is 0 Å². The van der Waals surface area contributed by atoms with Crippen LogP contribution in [0.2, 0.25) is 0 Å². The Labute approximate surface area is 230 Å². The maximum absolute atomic E-state index is 14.6. The molecule has 0 saturated carbocycles. The standard InChI is InChI=1S/C29H32F5N5O/c1-19-7-6-10-23(30)26(19)36-13-11-21(12-14-36)38-16-24-25(17-37(35-24)18-28(2,3)31)39(27(38)40)15-20-8-4-5-9-22(20)29(32,33)34/h4-10,17,21H,11-16,18H2,1-3H3. The smallest absolute Gasteiger partial charge is 0.369 e. The van der Waals surface area contributed by atoms with Gasteiger partial charge in [0.05, 0.1) is 36.6 Å². The highest BCUT2D eigenvalue weighted by molar-refractivity contribution is 5.94. The summed E-state index contributed by atoms with van der Waals surface area (Å²) in [5, 5.41) is 4.52. The quantitative estimate of drug-likeness (QED) is 0.315. The lowest BCUT2D eigenvalue weighted by molar-refractivity contribution is -0.138. The number of carbonyl (C=O) groups excluding carboxylic acids is 1. The number of halogens is 5. The van der Waals surface area contributed by atoms with Crippen molar-refractivity contribution in [3.63, 3.8) is 0 Å². The fourth-order valence-electron chi connectivity index (χ4n) is 5.71. The number of amides is 2. The van der Waals surface area contributed by atoms with E-state index in [1.54, 1.807) is 11.0 Å². The highest BCUT2D eigenvalue weighted by atomic mass is 19.4. The highest BCUT2D eigenvalue weighted by Crippen LogP contribution is 2.37. The van der Waals surface area contributed by atoms with Gasteiger partial charge in [-0.3, -0.25) is 9.58 Å². The van der Waals surface area contributed by atoms with Crippen LogP contribution in [0.4, 0.5) is 38.1 Å². The molecule has 214 valence electrons. The Kier molecular flexibility index (Phi) is 7.26. The Morgan fingerprint density at radius 3 is 2.35 bits per heavy atom. The van der Waals surface area contributed by atoms with Crippen LogP contribution in [-0.2, 0) is 25.8 Å². The zero-order valence-corrected chi connectivity index (χ0v) is 22.7. The maximum atomic E-state index is 14.6. The Bertz CT molecular complexity index is 1370. The molecule has 2 aromatic carbocycles. The van der Waals surface area contributed by atoms with Gasteiger partial charge in [-0.2, -0.15) is 18.3 Å². The second-order valence-corrected chi connectivity index (χ2v) is 11.2. The number of urea groups is 1. The summed E-state index contributed by atoms with van der Waals surface area (Å²) < 4.78 is 71.8. The molecule has 1 saturated heterocycles. The van der Waals surface area contributed by atoms with Crippen LogP contribution in [0.3, 0.4) is 0 Å². The van der Waals surface area contributed by atoms with Crippen LogP contribution in [0.5, 0.6) is 0 Å². The van der Waals surface area contributed by atoms with E-state index >= 15 is 0 Å². The molecule has 0 radical (unpaired) electrons. The van der Waals surface area contributed by atoms with Crippen molar-refractivity contribution in [2.45, 2.75) is 71.1 Å². The van der Waals surface area contributed by atoms with Crippen molar-refractivity contribution in [3.8, 4) is 0 Å². The first-order valence-electron chi connectivity index (χ1n) is 13.3. The van der Waals surface area contributed by atoms with E-state index in [2.05, 4.69) is 5.10 Å². The van der Waals surface area contributed by atoms with Gasteiger partial charge in [-0.1, -0.05) is 30.3 Å². The average Bonchev–Trinajstić information content (AvgIpc) is 3.26. The Hall–Kier alpha value is -3.63. The molecule has 0 N–H and O–H groups in total. The van der Waals surface area contributed by atoms with E-state index in [0.29, 0.717) is 43.0 Å². The number of alkyl halides is 4. The number of fused-ring (bicyclic) bond motifs is 1. The second kappa shape index (κ2) is 10.4. The number of benzene rings is 2. The van der Waals surface area contributed by atoms with Gasteiger partial charge < -0.3 is 9.80 Å². The molecule has 3 heterocycles. The Morgan fingerprint density at radius 1 is 1.00 bits per heavy atom. The molecule has 3 aromatic rings. The predicted octanol–water partition coefficient (Wildman–Crippen LogP) is 6.71. The van der Waals surface area contributed by atoms with E-state index in [9.17, 15) is 26.7 Å². The monoisotopic (exact) mass is 561 g/mol. The van der Waals surface area contributed by atoms with Crippen LogP contribution in [0.25, 0.3) is 0 Å². The molecule has 40 heavy (non-hydrogen) atoms. The summed E-state index contributed by atoms with van der Waals surface area (Å²) in [6.45, 7) is 5.49. The third-order valence-electron chi connectivity index (χ3n) is 7.50. The lowest BCUT2D eigenvalue weighted by Crippen LogP contribution is -2.54. The van der Waals surface area contributed by atoms with Crippen molar-refractivity contribution >= 4 is 17.4 Å². The third kappa shape index (κ3) is 5.64. The van der Waals surface area contributed by atoms with Gasteiger partial charge in [-0.15, -0.1) is 0 Å². The normalized spacial score (nSPS) is 17.0. The zero-order chi connectivity index (χ0) is 28.8. The maximum Gasteiger partial charge on any atom is 0.416 e. The minimum atomic E-state index is -4.59. The van der Waals surface area contributed by atoms with Gasteiger partial charge in [-0.25, -0.2) is 13.6 Å². The molecular weight excluding hydrogens is 529 g/mol. The van der Waals surface area contributed by atoms with Crippen LogP contribution in [0, 0.1) is 12.7 Å². The number of aromatic nitrogens is 2. The molecule has 0 atom stereocenters. The summed E-state index contributed by atoms with van der Waals surface area (Å²) in [5.74, 6) is -0.298. The fourth-order valence-corrected chi connectivity index (χ4v) is 5.71. The summed E-state index contributed by atoms with van der Waals surface area (Å²) in [6.07, 6.45) is -1.94. The second-order valence-electron chi connectivity index (χ2n) is 11.2. The minimum Gasteiger partial charge on any atom is -0.369 e. The van der Waals surface area contributed by atoms with Gasteiger partial charge in [0.15, 0.2) is 0 Å². The topological polar surface area (TPSA) is 44.6 Å². The van der Waals surface area contributed by atoms with E-state index in [1.165, 1.54) is 53.9 Å². The summed E-state index contributed by atoms with van der Waals surface area (Å²) in [6, 6.07) is 9.48. The van der Waals surface area contributed by atoms with Gasteiger partial charge in [0, 0.05) is 25.3 Å². The Balaban J connectivity index is 1.44. The van der Waals surface area contributed by atoms with Crippen molar-refractivity contribution in [1.82, 2.24) is 14.7 Å². The minimum absolute atomic E-state index is 0.0421. The SMILES string of the molecule is Cc1cccc(F)c1N1CCC(N2Cc3nn(CC(C)(C)F)cc3N(Cc3ccccc3C(F)(F)F)C2=O)CC1. The molecule has 11 heteroatoms. The lowest BCUT2D eigenvalue weighted by atomic mass is 10.00. The molecule has 2 amide bonds. The zero-order valence-electron chi connectivity index (χ0n) is 22.7. The van der Waals surface area contributed by atoms with E-state index < -0.39 is 23.4 Å². The molecule has 0 spiro atoms. The number of rotatable bonds is 6. The number of piperidine rings is 1. The summed E-state index contributed by atoms with van der Waals surface area (Å²) in [5.41, 5.74) is -0.183. The van der Waals surface area contributed by atoms with Crippen molar-refractivity contribution in [3.05, 3.63) is 76.9 Å².